The van der Waals surface area contributed by atoms with Gasteiger partial charge in [0.05, 0.1) is 16.9 Å². The fourth-order valence-electron chi connectivity index (χ4n) is 3.00. The monoisotopic (exact) mass is 326 g/mol. The molecule has 0 amide bonds. The van der Waals surface area contributed by atoms with E-state index in [1.165, 1.54) is 5.56 Å². The van der Waals surface area contributed by atoms with Crippen molar-refractivity contribution < 1.29 is 0 Å². The van der Waals surface area contributed by atoms with Crippen molar-refractivity contribution in [2.45, 2.75) is 6.92 Å². The highest BCUT2D eigenvalue weighted by atomic mass is 16.1. The summed E-state index contributed by atoms with van der Waals surface area (Å²) in [4.78, 5) is 13.2. The molecule has 4 rings (SSSR count). The first kappa shape index (κ1) is 15.2. The second-order valence-electron chi connectivity index (χ2n) is 6.07. The topological polar surface area (TPSA) is 37.8 Å². The van der Waals surface area contributed by atoms with E-state index < -0.39 is 0 Å². The third-order valence-corrected chi connectivity index (χ3v) is 4.31. The minimum Gasteiger partial charge on any atom is -0.290 e. The molecule has 4 aromatic rings. The highest BCUT2D eigenvalue weighted by Gasteiger charge is 2.18. The van der Waals surface area contributed by atoms with Gasteiger partial charge in [-0.15, -0.1) is 0 Å². The van der Waals surface area contributed by atoms with Crippen molar-refractivity contribution in [1.82, 2.24) is 9.78 Å². The Labute approximate surface area is 146 Å². The summed E-state index contributed by atoms with van der Waals surface area (Å²) in [5.41, 5.74) is 5.39. The number of aryl methyl sites for hydroxylation is 1. The SMILES string of the molecule is Cc1ccc(-c2[nH]n(-c3ccccc3)c(=O)c2-c2ccccc2)cc1. The maximum absolute atomic E-state index is 13.2. The summed E-state index contributed by atoms with van der Waals surface area (Å²) in [6.07, 6.45) is 0. The van der Waals surface area contributed by atoms with Crippen LogP contribution in [-0.4, -0.2) is 9.78 Å². The number of nitrogens with zero attached hydrogens (tertiary/aromatic N) is 1. The maximum Gasteiger partial charge on any atom is 0.279 e. The van der Waals surface area contributed by atoms with E-state index in [1.54, 1.807) is 4.68 Å². The van der Waals surface area contributed by atoms with E-state index in [-0.39, 0.29) is 5.56 Å². The molecule has 0 saturated carbocycles. The van der Waals surface area contributed by atoms with E-state index in [4.69, 9.17) is 0 Å². The van der Waals surface area contributed by atoms with Gasteiger partial charge >= 0.3 is 0 Å². The Kier molecular flexibility index (Phi) is 3.82. The molecule has 3 nitrogen and oxygen atoms in total. The van der Waals surface area contributed by atoms with Crippen LogP contribution in [0.15, 0.2) is 89.7 Å². The van der Waals surface area contributed by atoms with Gasteiger partial charge in [0.15, 0.2) is 0 Å². The second kappa shape index (κ2) is 6.29. The number of hydrogen-bond donors (Lipinski definition) is 1. The molecule has 0 aliphatic rings. The summed E-state index contributed by atoms with van der Waals surface area (Å²) in [6, 6.07) is 27.6. The van der Waals surface area contributed by atoms with Gasteiger partial charge in [0.25, 0.3) is 5.56 Å². The van der Waals surface area contributed by atoms with Gasteiger partial charge in [0.2, 0.25) is 0 Å². The van der Waals surface area contributed by atoms with E-state index in [0.29, 0.717) is 5.56 Å². The molecule has 0 atom stereocenters. The lowest BCUT2D eigenvalue weighted by Crippen LogP contribution is -2.15. The van der Waals surface area contributed by atoms with Crippen LogP contribution in [0, 0.1) is 6.92 Å². The van der Waals surface area contributed by atoms with Crippen LogP contribution in [0.4, 0.5) is 0 Å². The highest BCUT2D eigenvalue weighted by Crippen LogP contribution is 2.28. The van der Waals surface area contributed by atoms with E-state index in [1.807, 2.05) is 72.8 Å². The van der Waals surface area contributed by atoms with Gasteiger partial charge in [-0.2, -0.15) is 0 Å². The first-order valence-electron chi connectivity index (χ1n) is 8.27. The Morgan fingerprint density at radius 1 is 0.720 bits per heavy atom. The number of rotatable bonds is 3. The lowest BCUT2D eigenvalue weighted by atomic mass is 10.0. The molecule has 0 aliphatic carbocycles. The molecule has 0 radical (unpaired) electrons. The largest absolute Gasteiger partial charge is 0.290 e. The average Bonchev–Trinajstić information content (AvgIpc) is 3.01. The summed E-state index contributed by atoms with van der Waals surface area (Å²) in [5.74, 6) is 0. The van der Waals surface area contributed by atoms with Gasteiger partial charge in [0.1, 0.15) is 0 Å². The predicted octanol–water partition coefficient (Wildman–Crippen LogP) is 4.81. The Bertz CT molecular complexity index is 1040. The minimum absolute atomic E-state index is 0.0482. The zero-order valence-electron chi connectivity index (χ0n) is 13.9. The zero-order valence-corrected chi connectivity index (χ0v) is 13.9. The van der Waals surface area contributed by atoms with Crippen LogP contribution in [0.1, 0.15) is 5.56 Å². The summed E-state index contributed by atoms with van der Waals surface area (Å²) < 4.78 is 1.61. The van der Waals surface area contributed by atoms with Crippen molar-refractivity contribution in [2.75, 3.05) is 0 Å². The number of aromatic nitrogens is 2. The molecule has 0 saturated heterocycles. The van der Waals surface area contributed by atoms with Crippen LogP contribution in [0.2, 0.25) is 0 Å². The molecule has 122 valence electrons. The van der Waals surface area contributed by atoms with Gasteiger partial charge in [0, 0.05) is 5.56 Å². The van der Waals surface area contributed by atoms with Crippen LogP contribution in [0.3, 0.4) is 0 Å². The van der Waals surface area contributed by atoms with Crippen LogP contribution in [-0.2, 0) is 0 Å². The molecule has 3 heteroatoms. The van der Waals surface area contributed by atoms with Crippen LogP contribution < -0.4 is 5.56 Å². The fourth-order valence-corrected chi connectivity index (χ4v) is 3.00. The molecule has 0 unspecified atom stereocenters. The zero-order chi connectivity index (χ0) is 17.2. The van der Waals surface area contributed by atoms with Gasteiger partial charge in [-0.05, 0) is 24.6 Å². The van der Waals surface area contributed by atoms with Crippen molar-refractivity contribution in [3.05, 3.63) is 101 Å². The van der Waals surface area contributed by atoms with Gasteiger partial charge in [-0.1, -0.05) is 78.4 Å². The molecule has 0 spiro atoms. The summed E-state index contributed by atoms with van der Waals surface area (Å²) in [6.45, 7) is 2.06. The number of hydrogen-bond acceptors (Lipinski definition) is 1. The number of benzene rings is 3. The maximum atomic E-state index is 13.2. The lowest BCUT2D eigenvalue weighted by Gasteiger charge is -2.04. The van der Waals surface area contributed by atoms with Crippen molar-refractivity contribution in [3.63, 3.8) is 0 Å². The summed E-state index contributed by atoms with van der Waals surface area (Å²) >= 11 is 0. The summed E-state index contributed by atoms with van der Waals surface area (Å²) in [7, 11) is 0. The van der Waals surface area contributed by atoms with Gasteiger partial charge < -0.3 is 0 Å². The molecule has 0 bridgehead atoms. The Hall–Kier alpha value is -3.33. The van der Waals surface area contributed by atoms with Crippen LogP contribution in [0.5, 0.6) is 0 Å². The molecule has 0 aliphatic heterocycles. The van der Waals surface area contributed by atoms with Crippen LogP contribution in [0.25, 0.3) is 28.1 Å². The van der Waals surface area contributed by atoms with E-state index in [2.05, 4.69) is 24.2 Å². The standard InChI is InChI=1S/C22H18N2O/c1-16-12-14-18(15-13-16)21-20(17-8-4-2-5-9-17)22(25)24(23-21)19-10-6-3-7-11-19/h2-15,23H,1H3. The van der Waals surface area contributed by atoms with Crippen molar-refractivity contribution in [2.24, 2.45) is 0 Å². The number of nitrogens with one attached hydrogen (secondary N) is 1. The smallest absolute Gasteiger partial charge is 0.279 e. The Morgan fingerprint density at radius 3 is 1.96 bits per heavy atom. The average molecular weight is 326 g/mol. The van der Waals surface area contributed by atoms with E-state index in [0.717, 1.165) is 22.5 Å². The molecule has 1 N–H and O–H groups in total. The molecule has 1 heterocycles. The third kappa shape index (κ3) is 2.81. The number of para-hydroxylation sites is 1. The van der Waals surface area contributed by atoms with Crippen molar-refractivity contribution in [3.8, 4) is 28.1 Å². The molecule has 3 aromatic carbocycles. The molecular weight excluding hydrogens is 308 g/mol. The lowest BCUT2D eigenvalue weighted by molar-refractivity contribution is 0.853. The quantitative estimate of drug-likeness (QED) is 0.576. The van der Waals surface area contributed by atoms with Crippen molar-refractivity contribution >= 4 is 0 Å². The predicted molar refractivity (Wildman–Crippen MR) is 102 cm³/mol. The second-order valence-corrected chi connectivity index (χ2v) is 6.07. The molecule has 1 aromatic heterocycles. The van der Waals surface area contributed by atoms with Crippen molar-refractivity contribution in [1.29, 1.82) is 0 Å². The Balaban J connectivity index is 1.99. The summed E-state index contributed by atoms with van der Waals surface area (Å²) in [5, 5.41) is 3.30. The Morgan fingerprint density at radius 2 is 1.32 bits per heavy atom. The number of H-pyrrole nitrogens is 1. The molecular formula is C22H18N2O. The van der Waals surface area contributed by atoms with Crippen LogP contribution >= 0.6 is 0 Å². The fraction of sp³-hybridized carbons (Fsp3) is 0.0455. The van der Waals surface area contributed by atoms with Gasteiger partial charge in [-0.3, -0.25) is 9.89 Å². The minimum atomic E-state index is -0.0482. The molecule has 25 heavy (non-hydrogen) atoms. The van der Waals surface area contributed by atoms with E-state index in [9.17, 15) is 4.79 Å². The van der Waals surface area contributed by atoms with E-state index >= 15 is 0 Å². The first-order chi connectivity index (χ1) is 12.2. The normalized spacial score (nSPS) is 10.8. The van der Waals surface area contributed by atoms with Gasteiger partial charge in [-0.25, -0.2) is 4.68 Å². The molecule has 0 fully saturated rings. The first-order valence-corrected chi connectivity index (χ1v) is 8.27. The highest BCUT2D eigenvalue weighted by molar-refractivity contribution is 5.80. The third-order valence-electron chi connectivity index (χ3n) is 4.31. The number of aromatic amines is 1.